The number of hydrogen-bond donors (Lipinski definition) is 1. The molecule has 6 heteroatoms. The number of aromatic nitrogens is 1. The van der Waals surface area contributed by atoms with Crippen LogP contribution in [-0.2, 0) is 4.74 Å². The van der Waals surface area contributed by atoms with Gasteiger partial charge in [-0.25, -0.2) is 9.59 Å². The van der Waals surface area contributed by atoms with Gasteiger partial charge in [-0.15, -0.1) is 0 Å². The monoisotopic (exact) mass is 292 g/mol. The molecule has 1 aliphatic rings. The van der Waals surface area contributed by atoms with Crippen molar-refractivity contribution in [1.82, 2.24) is 9.88 Å². The lowest BCUT2D eigenvalue weighted by Crippen LogP contribution is -2.35. The molecule has 1 amide bonds. The zero-order valence-corrected chi connectivity index (χ0v) is 12.5. The first-order chi connectivity index (χ1) is 9.76. The molecule has 1 aliphatic heterocycles. The van der Waals surface area contributed by atoms with Crippen LogP contribution in [0.15, 0.2) is 18.3 Å². The number of carbonyl (C=O) groups is 2. The zero-order chi connectivity index (χ0) is 15.6. The highest BCUT2D eigenvalue weighted by Gasteiger charge is 2.31. The number of rotatable bonds is 2. The summed E-state index contributed by atoms with van der Waals surface area (Å²) in [5, 5.41) is 8.85. The molecule has 0 radical (unpaired) electrons. The molecule has 1 N–H and O–H groups in total. The molecule has 1 fully saturated rings. The normalized spacial score (nSPS) is 18.6. The maximum atomic E-state index is 12.0. The minimum Gasteiger partial charge on any atom is -0.478 e. The van der Waals surface area contributed by atoms with Gasteiger partial charge in [0.25, 0.3) is 0 Å². The number of hydrogen-bond acceptors (Lipinski definition) is 4. The van der Waals surface area contributed by atoms with Crippen molar-refractivity contribution in [3.8, 4) is 0 Å². The second-order valence-electron chi connectivity index (χ2n) is 6.19. The van der Waals surface area contributed by atoms with Crippen molar-refractivity contribution in [2.45, 2.75) is 38.7 Å². The number of carbonyl (C=O) groups excluding carboxylic acids is 1. The van der Waals surface area contributed by atoms with E-state index in [9.17, 15) is 9.59 Å². The van der Waals surface area contributed by atoms with Crippen LogP contribution in [0, 0.1) is 0 Å². The lowest BCUT2D eigenvalue weighted by Gasteiger charge is -2.24. The average molecular weight is 292 g/mol. The van der Waals surface area contributed by atoms with Crippen molar-refractivity contribution >= 4 is 12.1 Å². The highest BCUT2D eigenvalue weighted by atomic mass is 16.6. The summed E-state index contributed by atoms with van der Waals surface area (Å²) in [4.78, 5) is 28.6. The van der Waals surface area contributed by atoms with Crippen LogP contribution in [0.25, 0.3) is 0 Å². The smallest absolute Gasteiger partial charge is 0.410 e. The van der Waals surface area contributed by atoms with E-state index in [1.54, 1.807) is 17.0 Å². The Morgan fingerprint density at radius 3 is 2.62 bits per heavy atom. The third-order valence-corrected chi connectivity index (χ3v) is 3.29. The van der Waals surface area contributed by atoms with Gasteiger partial charge in [0, 0.05) is 30.9 Å². The van der Waals surface area contributed by atoms with Crippen molar-refractivity contribution in [1.29, 1.82) is 0 Å². The van der Waals surface area contributed by atoms with Gasteiger partial charge in [-0.05, 0) is 39.3 Å². The summed E-state index contributed by atoms with van der Waals surface area (Å²) in [5.41, 5.74) is 0.475. The first-order valence-corrected chi connectivity index (χ1v) is 6.93. The van der Waals surface area contributed by atoms with Gasteiger partial charge in [0.2, 0.25) is 0 Å². The van der Waals surface area contributed by atoms with Crippen LogP contribution in [0.3, 0.4) is 0 Å². The molecule has 0 aromatic carbocycles. The number of carboxylic acids is 1. The van der Waals surface area contributed by atoms with E-state index in [4.69, 9.17) is 9.84 Å². The highest BCUT2D eigenvalue weighted by molar-refractivity contribution is 5.87. The van der Waals surface area contributed by atoms with Crippen LogP contribution in [0.1, 0.15) is 49.2 Å². The van der Waals surface area contributed by atoms with E-state index in [2.05, 4.69) is 4.98 Å². The van der Waals surface area contributed by atoms with Crippen LogP contribution < -0.4 is 0 Å². The molecular formula is C15H20N2O4. The van der Waals surface area contributed by atoms with Gasteiger partial charge in [-0.3, -0.25) is 4.98 Å². The van der Waals surface area contributed by atoms with Crippen molar-refractivity contribution < 1.29 is 19.4 Å². The SMILES string of the molecule is CC(C)(C)OC(=O)N1CCC(c2ccc(C(=O)O)cn2)C1. The standard InChI is InChI=1S/C15H20N2O4/c1-15(2,3)21-14(20)17-7-6-11(9-17)12-5-4-10(8-16-12)13(18)19/h4-5,8,11H,6-7,9H2,1-3H3,(H,18,19). The van der Waals surface area contributed by atoms with Crippen molar-refractivity contribution in [2.24, 2.45) is 0 Å². The van der Waals surface area contributed by atoms with Crippen molar-refractivity contribution in [3.05, 3.63) is 29.6 Å². The van der Waals surface area contributed by atoms with Crippen LogP contribution >= 0.6 is 0 Å². The Bertz CT molecular complexity index is 534. The van der Waals surface area contributed by atoms with Gasteiger partial charge >= 0.3 is 12.1 Å². The average Bonchev–Trinajstić information content (AvgIpc) is 2.86. The molecule has 1 aromatic heterocycles. The highest BCUT2D eigenvalue weighted by Crippen LogP contribution is 2.27. The predicted octanol–water partition coefficient (Wildman–Crippen LogP) is 2.50. The largest absolute Gasteiger partial charge is 0.478 e. The van der Waals surface area contributed by atoms with E-state index >= 15 is 0 Å². The van der Waals surface area contributed by atoms with Crippen LogP contribution in [0.4, 0.5) is 4.79 Å². The van der Waals surface area contributed by atoms with Gasteiger partial charge in [0.15, 0.2) is 0 Å². The number of amides is 1. The summed E-state index contributed by atoms with van der Waals surface area (Å²) in [6.45, 7) is 6.69. The van der Waals surface area contributed by atoms with Crippen molar-refractivity contribution in [3.63, 3.8) is 0 Å². The number of pyridine rings is 1. The number of likely N-dealkylation sites (tertiary alicyclic amines) is 1. The maximum absolute atomic E-state index is 12.0. The minimum atomic E-state index is -0.990. The fourth-order valence-electron chi connectivity index (χ4n) is 2.27. The molecule has 0 aliphatic carbocycles. The number of carboxylic acid groups (broad SMARTS) is 1. The van der Waals surface area contributed by atoms with E-state index in [-0.39, 0.29) is 17.6 Å². The molecule has 114 valence electrons. The van der Waals surface area contributed by atoms with E-state index < -0.39 is 11.6 Å². The third-order valence-electron chi connectivity index (χ3n) is 3.29. The molecule has 0 bridgehead atoms. The Labute approximate surface area is 123 Å². The Hall–Kier alpha value is -2.11. The van der Waals surface area contributed by atoms with E-state index in [1.807, 2.05) is 20.8 Å². The van der Waals surface area contributed by atoms with Crippen LogP contribution in [0.2, 0.25) is 0 Å². The Kier molecular flexibility index (Phi) is 4.16. The maximum Gasteiger partial charge on any atom is 0.410 e. The summed E-state index contributed by atoms with van der Waals surface area (Å²) in [6, 6.07) is 3.26. The molecule has 21 heavy (non-hydrogen) atoms. The van der Waals surface area contributed by atoms with E-state index in [0.717, 1.165) is 12.1 Å². The molecule has 1 saturated heterocycles. The molecule has 2 rings (SSSR count). The molecule has 6 nitrogen and oxygen atoms in total. The Balaban J connectivity index is 1.99. The van der Waals surface area contributed by atoms with Gasteiger partial charge < -0.3 is 14.7 Å². The summed E-state index contributed by atoms with van der Waals surface area (Å²) in [5.74, 6) is -0.865. The molecule has 0 saturated carbocycles. The molecule has 0 spiro atoms. The molecule has 2 heterocycles. The van der Waals surface area contributed by atoms with Gasteiger partial charge in [0.05, 0.1) is 5.56 Å². The first-order valence-electron chi connectivity index (χ1n) is 6.93. The second-order valence-corrected chi connectivity index (χ2v) is 6.19. The van der Waals surface area contributed by atoms with Gasteiger partial charge in [-0.1, -0.05) is 0 Å². The fourth-order valence-corrected chi connectivity index (χ4v) is 2.27. The molecular weight excluding hydrogens is 272 g/mol. The summed E-state index contributed by atoms with van der Waals surface area (Å²) in [6.07, 6.45) is 1.85. The van der Waals surface area contributed by atoms with Crippen LogP contribution in [0.5, 0.6) is 0 Å². The third kappa shape index (κ3) is 3.93. The minimum absolute atomic E-state index is 0.125. The van der Waals surface area contributed by atoms with Crippen LogP contribution in [-0.4, -0.2) is 45.7 Å². The number of aromatic carboxylic acids is 1. The summed E-state index contributed by atoms with van der Waals surface area (Å²) < 4.78 is 5.35. The Morgan fingerprint density at radius 1 is 1.38 bits per heavy atom. The number of ether oxygens (including phenoxy) is 1. The second kappa shape index (κ2) is 5.71. The quantitative estimate of drug-likeness (QED) is 0.906. The summed E-state index contributed by atoms with van der Waals surface area (Å²) >= 11 is 0. The first kappa shape index (κ1) is 15.3. The molecule has 1 aromatic rings. The van der Waals surface area contributed by atoms with Gasteiger partial charge in [0.1, 0.15) is 5.60 Å². The summed E-state index contributed by atoms with van der Waals surface area (Å²) in [7, 11) is 0. The Morgan fingerprint density at radius 2 is 2.10 bits per heavy atom. The molecule has 1 unspecified atom stereocenters. The fraction of sp³-hybridized carbons (Fsp3) is 0.533. The lowest BCUT2D eigenvalue weighted by atomic mass is 10.0. The van der Waals surface area contributed by atoms with Gasteiger partial charge in [-0.2, -0.15) is 0 Å². The van der Waals surface area contributed by atoms with E-state index in [1.165, 1.54) is 6.20 Å². The van der Waals surface area contributed by atoms with Crippen molar-refractivity contribution in [2.75, 3.05) is 13.1 Å². The molecule has 1 atom stereocenters. The van der Waals surface area contributed by atoms with E-state index in [0.29, 0.717) is 13.1 Å². The topological polar surface area (TPSA) is 79.7 Å². The number of nitrogens with zero attached hydrogens (tertiary/aromatic N) is 2. The zero-order valence-electron chi connectivity index (χ0n) is 12.5. The lowest BCUT2D eigenvalue weighted by molar-refractivity contribution is 0.0292. The predicted molar refractivity (Wildman–Crippen MR) is 76.4 cm³/mol.